The summed E-state index contributed by atoms with van der Waals surface area (Å²) >= 11 is 0. The van der Waals surface area contributed by atoms with Gasteiger partial charge in [-0.1, -0.05) is 60.7 Å². The summed E-state index contributed by atoms with van der Waals surface area (Å²) in [6, 6.07) is 28.5. The molecular weight excluding hydrogens is 503 g/mol. The van der Waals surface area contributed by atoms with Gasteiger partial charge in [0.25, 0.3) is 0 Å². The number of halogens is 1. The van der Waals surface area contributed by atoms with E-state index in [1.807, 2.05) is 48.5 Å². The Morgan fingerprint density at radius 1 is 0.925 bits per heavy atom. The molecule has 0 unspecified atom stereocenters. The minimum atomic E-state index is -0.552. The normalized spacial score (nSPS) is 10.7. The van der Waals surface area contributed by atoms with E-state index in [4.69, 9.17) is 14.7 Å². The number of ether oxygens (including phenoxy) is 2. The van der Waals surface area contributed by atoms with Gasteiger partial charge in [0, 0.05) is 24.6 Å². The number of nitriles is 1. The van der Waals surface area contributed by atoms with Crippen molar-refractivity contribution in [1.82, 2.24) is 5.32 Å². The fraction of sp³-hybridized carbons (Fsp3) is 0.235. The molecule has 5 nitrogen and oxygen atoms in total. The van der Waals surface area contributed by atoms with Crippen LogP contribution in [-0.2, 0) is 24.6 Å². The van der Waals surface area contributed by atoms with Gasteiger partial charge in [-0.3, -0.25) is 0 Å². The molecule has 0 aliphatic rings. The van der Waals surface area contributed by atoms with Crippen molar-refractivity contribution in [3.63, 3.8) is 0 Å². The lowest BCUT2D eigenvalue weighted by molar-refractivity contribution is -0.117. The Balaban J connectivity index is 1.49. The molecule has 0 radical (unpaired) electrons. The number of rotatable bonds is 13. The first-order valence-corrected chi connectivity index (χ1v) is 13.4. The highest BCUT2D eigenvalue weighted by atomic mass is 19.1. The maximum absolute atomic E-state index is 13.8. The van der Waals surface area contributed by atoms with Gasteiger partial charge in [-0.2, -0.15) is 5.26 Å². The van der Waals surface area contributed by atoms with Gasteiger partial charge in [0.2, 0.25) is 0 Å². The first-order valence-electron chi connectivity index (χ1n) is 13.4. The summed E-state index contributed by atoms with van der Waals surface area (Å²) in [4.78, 5) is 11.2. The maximum Gasteiger partial charge on any atom is 0.140 e. The minimum Gasteiger partial charge on any atom is -0.489 e. The Labute approximate surface area is 235 Å². The van der Waals surface area contributed by atoms with Crippen molar-refractivity contribution in [1.29, 1.82) is 5.26 Å². The molecule has 1 N–H and O–H groups in total. The van der Waals surface area contributed by atoms with Gasteiger partial charge < -0.3 is 19.6 Å². The fourth-order valence-corrected chi connectivity index (χ4v) is 4.43. The fourth-order valence-electron chi connectivity index (χ4n) is 4.43. The molecule has 4 aromatic rings. The van der Waals surface area contributed by atoms with Crippen LogP contribution in [0.5, 0.6) is 11.5 Å². The molecule has 0 atom stereocenters. The lowest BCUT2D eigenvalue weighted by Crippen LogP contribution is -2.16. The molecule has 0 saturated heterocycles. The molecule has 0 heterocycles. The Morgan fingerprint density at radius 2 is 1.75 bits per heavy atom. The third kappa shape index (κ3) is 7.78. The van der Waals surface area contributed by atoms with E-state index in [0.29, 0.717) is 43.2 Å². The van der Waals surface area contributed by atoms with E-state index >= 15 is 0 Å². The molecule has 4 rings (SSSR count). The number of benzene rings is 4. The molecule has 4 aromatic carbocycles. The maximum atomic E-state index is 13.8. The van der Waals surface area contributed by atoms with Crippen LogP contribution < -0.4 is 14.8 Å². The molecule has 0 aromatic heterocycles. The van der Waals surface area contributed by atoms with E-state index in [1.54, 1.807) is 13.0 Å². The number of Topliss-reactive ketones (excluding diaryl/α,β-unsaturated/α-hetero) is 1. The van der Waals surface area contributed by atoms with Crippen molar-refractivity contribution in [3.05, 3.63) is 119 Å². The molecule has 6 heteroatoms. The van der Waals surface area contributed by atoms with Crippen LogP contribution in [0.4, 0.5) is 4.39 Å². The lowest BCUT2D eigenvalue weighted by atomic mass is 9.97. The largest absolute Gasteiger partial charge is 0.489 e. The van der Waals surface area contributed by atoms with Crippen LogP contribution in [0, 0.1) is 24.1 Å². The number of nitrogens with one attached hydrogen (secondary N) is 1. The van der Waals surface area contributed by atoms with Crippen molar-refractivity contribution in [3.8, 4) is 28.7 Å². The summed E-state index contributed by atoms with van der Waals surface area (Å²) in [5, 5.41) is 12.5. The average Bonchev–Trinajstić information content (AvgIpc) is 2.97. The number of carbonyl (C=O) groups excluding carboxylic acids is 1. The van der Waals surface area contributed by atoms with Crippen LogP contribution in [-0.4, -0.2) is 12.3 Å². The van der Waals surface area contributed by atoms with Gasteiger partial charge in [0.05, 0.1) is 5.56 Å². The van der Waals surface area contributed by atoms with Crippen LogP contribution in [0.3, 0.4) is 0 Å². The molecule has 204 valence electrons. The molecule has 0 aliphatic carbocycles. The number of nitrogens with zero attached hydrogens (tertiary/aromatic N) is 1. The van der Waals surface area contributed by atoms with Gasteiger partial charge in [-0.25, -0.2) is 4.39 Å². The third-order valence-corrected chi connectivity index (χ3v) is 6.71. The second kappa shape index (κ2) is 14.1. The van der Waals surface area contributed by atoms with Crippen LogP contribution in [0.2, 0.25) is 0 Å². The van der Waals surface area contributed by atoms with E-state index in [1.165, 1.54) is 23.3 Å². The van der Waals surface area contributed by atoms with Crippen LogP contribution in [0.25, 0.3) is 11.1 Å². The van der Waals surface area contributed by atoms with Crippen molar-refractivity contribution in [2.75, 3.05) is 6.54 Å². The molecule has 0 spiro atoms. The van der Waals surface area contributed by atoms with Crippen LogP contribution in [0.1, 0.15) is 47.6 Å². The average molecular weight is 537 g/mol. The predicted octanol–water partition coefficient (Wildman–Crippen LogP) is 7.29. The third-order valence-electron chi connectivity index (χ3n) is 6.71. The topological polar surface area (TPSA) is 71.3 Å². The van der Waals surface area contributed by atoms with E-state index in [-0.39, 0.29) is 18.0 Å². The van der Waals surface area contributed by atoms with E-state index in [0.717, 1.165) is 23.1 Å². The van der Waals surface area contributed by atoms with Gasteiger partial charge >= 0.3 is 0 Å². The molecule has 40 heavy (non-hydrogen) atoms. The summed E-state index contributed by atoms with van der Waals surface area (Å²) in [5.74, 6) is 0.919. The summed E-state index contributed by atoms with van der Waals surface area (Å²) < 4.78 is 26.1. The van der Waals surface area contributed by atoms with Crippen molar-refractivity contribution >= 4 is 5.78 Å². The Bertz CT molecular complexity index is 1500. The predicted molar refractivity (Wildman–Crippen MR) is 154 cm³/mol. The second-order valence-electron chi connectivity index (χ2n) is 9.71. The molecule has 0 aliphatic heterocycles. The van der Waals surface area contributed by atoms with E-state index in [9.17, 15) is 9.18 Å². The Hall–Kier alpha value is -4.47. The summed E-state index contributed by atoms with van der Waals surface area (Å²) in [7, 11) is 0. The monoisotopic (exact) mass is 536 g/mol. The van der Waals surface area contributed by atoms with E-state index in [2.05, 4.69) is 36.5 Å². The first-order chi connectivity index (χ1) is 19.4. The highest BCUT2D eigenvalue weighted by molar-refractivity contribution is 5.75. The molecular formula is C34H33FN2O3. The van der Waals surface area contributed by atoms with Crippen LogP contribution >= 0.6 is 0 Å². The Kier molecular flexibility index (Phi) is 10.0. The van der Waals surface area contributed by atoms with Crippen molar-refractivity contribution in [2.24, 2.45) is 0 Å². The van der Waals surface area contributed by atoms with Crippen molar-refractivity contribution < 1.29 is 18.7 Å². The highest BCUT2D eigenvalue weighted by Gasteiger charge is 2.11. The summed E-state index contributed by atoms with van der Waals surface area (Å²) in [6.45, 7) is 5.54. The van der Waals surface area contributed by atoms with E-state index < -0.39 is 5.82 Å². The zero-order valence-corrected chi connectivity index (χ0v) is 22.9. The quantitative estimate of drug-likeness (QED) is 0.182. The smallest absolute Gasteiger partial charge is 0.140 e. The van der Waals surface area contributed by atoms with Gasteiger partial charge in [-0.05, 0) is 72.8 Å². The standard InChI is InChI=1S/C34H33FN2O3/c1-24(38)8-7-17-37-21-28-14-15-31(19-34(28)40-22-26-13-16-33(35)30(18-26)20-36)39-23-29-11-6-12-32(25(29)2)27-9-4-3-5-10-27/h3-6,9-16,18-19,37H,7-8,17,21-23H2,1-2H3. The molecule has 0 saturated carbocycles. The molecule has 0 bridgehead atoms. The van der Waals surface area contributed by atoms with Gasteiger partial charge in [-0.15, -0.1) is 0 Å². The Morgan fingerprint density at radius 3 is 2.52 bits per heavy atom. The summed E-state index contributed by atoms with van der Waals surface area (Å²) in [6.07, 6.45) is 1.31. The first kappa shape index (κ1) is 28.5. The minimum absolute atomic E-state index is 0.0151. The number of carbonyl (C=O) groups is 1. The lowest BCUT2D eigenvalue weighted by Gasteiger charge is -2.16. The zero-order chi connectivity index (χ0) is 28.3. The second-order valence-corrected chi connectivity index (χ2v) is 9.71. The van der Waals surface area contributed by atoms with Crippen molar-refractivity contribution in [2.45, 2.75) is 46.4 Å². The number of hydrogen-bond acceptors (Lipinski definition) is 5. The number of hydrogen-bond donors (Lipinski definition) is 1. The molecule has 0 amide bonds. The number of ketones is 1. The van der Waals surface area contributed by atoms with Crippen LogP contribution in [0.15, 0.2) is 84.9 Å². The van der Waals surface area contributed by atoms with Gasteiger partial charge in [0.1, 0.15) is 42.4 Å². The SMILES string of the molecule is CC(=O)CCCNCc1ccc(OCc2cccc(-c3ccccc3)c2C)cc1OCc1ccc(F)c(C#N)c1. The highest BCUT2D eigenvalue weighted by Crippen LogP contribution is 2.29. The zero-order valence-electron chi connectivity index (χ0n) is 22.9. The molecule has 0 fully saturated rings. The summed E-state index contributed by atoms with van der Waals surface area (Å²) in [5.41, 5.74) is 6.21. The van der Waals surface area contributed by atoms with Gasteiger partial charge in [0.15, 0.2) is 0 Å².